The highest BCUT2D eigenvalue weighted by atomic mass is 32.2. The number of rotatable bonds is 9. The van der Waals surface area contributed by atoms with Gasteiger partial charge in [0.2, 0.25) is 5.91 Å². The van der Waals surface area contributed by atoms with Crippen LogP contribution in [0.1, 0.15) is 37.3 Å². The van der Waals surface area contributed by atoms with E-state index in [-0.39, 0.29) is 17.6 Å². The summed E-state index contributed by atoms with van der Waals surface area (Å²) in [4.78, 5) is 24.0. The average molecular weight is 640 g/mol. The van der Waals surface area contributed by atoms with Gasteiger partial charge in [-0.05, 0) is 53.8 Å². The molecule has 2 heterocycles. The molecule has 1 fully saturated rings. The molecule has 3 aromatic carbocycles. The third kappa shape index (κ3) is 7.45. The Kier molecular flexibility index (Phi) is 9.35. The Morgan fingerprint density at radius 2 is 1.77 bits per heavy atom. The Balaban J connectivity index is 1.23. The quantitative estimate of drug-likeness (QED) is 0.177. The smallest absolute Gasteiger partial charge is 0.497 e. The van der Waals surface area contributed by atoms with Crippen LogP contribution in [0.3, 0.4) is 0 Å². The van der Waals surface area contributed by atoms with Crippen molar-refractivity contribution in [3.8, 4) is 28.6 Å². The fraction of sp³-hybridized carbons (Fsp3) is 0.258. The Labute approximate surface area is 261 Å². The lowest BCUT2D eigenvalue weighted by Crippen LogP contribution is -2.31. The zero-order valence-electron chi connectivity index (χ0n) is 24.0. The van der Waals surface area contributed by atoms with Crippen molar-refractivity contribution in [3.05, 3.63) is 84.2 Å². The van der Waals surface area contributed by atoms with Gasteiger partial charge in [0.1, 0.15) is 22.8 Å². The number of aromatic nitrogens is 3. The van der Waals surface area contributed by atoms with Gasteiger partial charge in [-0.25, -0.2) is 14.7 Å². The van der Waals surface area contributed by atoms with Crippen LogP contribution in [0.15, 0.2) is 78.0 Å². The lowest BCUT2D eigenvalue weighted by molar-refractivity contribution is -0.274. The van der Waals surface area contributed by atoms with Crippen LogP contribution in [0.25, 0.3) is 17.1 Å². The number of anilines is 1. The van der Waals surface area contributed by atoms with Crippen molar-refractivity contribution in [2.45, 2.75) is 39.0 Å². The molecule has 44 heavy (non-hydrogen) atoms. The molecule has 0 radical (unpaired) electrons. The number of ether oxygens (including phenoxy) is 2. The second kappa shape index (κ2) is 13.2. The number of amidine groups is 1. The first kappa shape index (κ1) is 31.2. The summed E-state index contributed by atoms with van der Waals surface area (Å²) >= 11 is 6.97. The Bertz CT molecular complexity index is 1690. The van der Waals surface area contributed by atoms with Gasteiger partial charge in [0, 0.05) is 18.1 Å². The minimum atomic E-state index is -4.75. The average Bonchev–Trinajstić information content (AvgIpc) is 3.62. The maximum Gasteiger partial charge on any atom is 0.573 e. The third-order valence-corrected chi connectivity index (χ3v) is 7.97. The number of carbonyl (C=O) groups excluding carboxylic acids is 1. The standard InChI is InChI=1S/C31H28F3N5O3S2/c1-19(2)25-14-13-24(41-3)16-26(25)39-28(40)17-44-30(39)36-27(43)15-6-20-4-7-21(8-5-20)29-35-18-38(37-29)22-9-11-23(12-10-22)42-31(32,33)34/h4-5,7-14,16,18-19H,6,15,17H2,1-3H3. The van der Waals surface area contributed by atoms with E-state index in [2.05, 4.69) is 33.7 Å². The second-order valence-corrected chi connectivity index (χ2v) is 11.6. The van der Waals surface area contributed by atoms with E-state index in [1.165, 1.54) is 47.0 Å². The zero-order valence-corrected chi connectivity index (χ0v) is 25.7. The van der Waals surface area contributed by atoms with Crippen molar-refractivity contribution in [1.82, 2.24) is 14.8 Å². The molecule has 13 heteroatoms. The highest BCUT2D eigenvalue weighted by molar-refractivity contribution is 8.15. The molecule has 5 rings (SSSR count). The number of benzene rings is 3. The molecule has 0 unspecified atom stereocenters. The molecule has 1 amide bonds. The normalized spacial score (nSPS) is 14.5. The van der Waals surface area contributed by atoms with Crippen molar-refractivity contribution in [1.29, 1.82) is 0 Å². The first-order chi connectivity index (χ1) is 21.0. The van der Waals surface area contributed by atoms with Gasteiger partial charge in [-0.2, -0.15) is 0 Å². The predicted molar refractivity (Wildman–Crippen MR) is 169 cm³/mol. The minimum absolute atomic E-state index is 0.0502. The van der Waals surface area contributed by atoms with Gasteiger partial charge in [-0.15, -0.1) is 18.3 Å². The summed E-state index contributed by atoms with van der Waals surface area (Å²) in [6, 6.07) is 18.8. The molecular formula is C31H28F3N5O3S2. The largest absolute Gasteiger partial charge is 0.573 e. The number of thiocarbonyl (C=S) groups is 1. The minimum Gasteiger partial charge on any atom is -0.497 e. The summed E-state index contributed by atoms with van der Waals surface area (Å²) in [5.41, 5.74) is 4.14. The number of aryl methyl sites for hydroxylation is 1. The van der Waals surface area contributed by atoms with Crippen LogP contribution in [0.4, 0.5) is 18.9 Å². The van der Waals surface area contributed by atoms with Crippen molar-refractivity contribution in [3.63, 3.8) is 0 Å². The molecule has 0 atom stereocenters. The van der Waals surface area contributed by atoms with Crippen LogP contribution in [0, 0.1) is 0 Å². The number of halogens is 3. The molecule has 0 spiro atoms. The van der Waals surface area contributed by atoms with E-state index < -0.39 is 6.36 Å². The molecule has 1 aliphatic heterocycles. The van der Waals surface area contributed by atoms with Gasteiger partial charge in [0.15, 0.2) is 11.0 Å². The summed E-state index contributed by atoms with van der Waals surface area (Å²) in [5.74, 6) is 1.26. The van der Waals surface area contributed by atoms with Crippen molar-refractivity contribution in [2.75, 3.05) is 17.8 Å². The highest BCUT2D eigenvalue weighted by Gasteiger charge is 2.32. The van der Waals surface area contributed by atoms with Gasteiger partial charge in [0.05, 0.1) is 24.2 Å². The Morgan fingerprint density at radius 1 is 1.07 bits per heavy atom. The molecule has 0 bridgehead atoms. The van der Waals surface area contributed by atoms with Gasteiger partial charge < -0.3 is 9.47 Å². The molecule has 4 aromatic rings. The summed E-state index contributed by atoms with van der Waals surface area (Å²) in [5, 5.41) is 5.01. The zero-order chi connectivity index (χ0) is 31.4. The molecule has 8 nitrogen and oxygen atoms in total. The molecular weight excluding hydrogens is 612 g/mol. The van der Waals surface area contributed by atoms with Crippen molar-refractivity contribution in [2.24, 2.45) is 4.99 Å². The summed E-state index contributed by atoms with van der Waals surface area (Å²) < 4.78 is 48.0. The van der Waals surface area contributed by atoms with Gasteiger partial charge in [-0.1, -0.05) is 68.2 Å². The van der Waals surface area contributed by atoms with Gasteiger partial charge in [0.25, 0.3) is 0 Å². The van der Waals surface area contributed by atoms with E-state index in [0.29, 0.717) is 46.0 Å². The third-order valence-electron chi connectivity index (χ3n) is 6.75. The van der Waals surface area contributed by atoms with E-state index in [4.69, 9.17) is 17.0 Å². The summed E-state index contributed by atoms with van der Waals surface area (Å²) in [6.45, 7) is 4.15. The lowest BCUT2D eigenvalue weighted by atomic mass is 10.00. The van der Waals surface area contributed by atoms with Crippen LogP contribution in [0.2, 0.25) is 0 Å². The number of hydrogen-bond donors (Lipinski definition) is 0. The van der Waals surface area contributed by atoms with Crippen molar-refractivity contribution < 1.29 is 27.4 Å². The molecule has 228 valence electrons. The van der Waals surface area contributed by atoms with E-state index in [9.17, 15) is 18.0 Å². The van der Waals surface area contributed by atoms with Crippen LogP contribution in [-0.4, -0.2) is 50.1 Å². The van der Waals surface area contributed by atoms with Crippen LogP contribution in [-0.2, 0) is 11.2 Å². The number of carbonyl (C=O) groups is 1. The van der Waals surface area contributed by atoms with Gasteiger partial charge >= 0.3 is 6.36 Å². The number of hydrogen-bond acceptors (Lipinski definition) is 7. The first-order valence-corrected chi connectivity index (χ1v) is 15.0. The van der Waals surface area contributed by atoms with Gasteiger partial charge in [-0.3, -0.25) is 9.69 Å². The Hall–Kier alpha value is -4.23. The van der Waals surface area contributed by atoms with E-state index >= 15 is 0 Å². The topological polar surface area (TPSA) is 81.8 Å². The number of methoxy groups -OCH3 is 1. The molecule has 1 aromatic heterocycles. The van der Waals surface area contributed by atoms with Crippen LogP contribution in [0.5, 0.6) is 11.5 Å². The summed E-state index contributed by atoms with van der Waals surface area (Å²) in [6.07, 6.45) is -2.08. The number of alkyl halides is 3. The maximum absolute atomic E-state index is 12.9. The van der Waals surface area contributed by atoms with Crippen molar-refractivity contribution >= 4 is 45.7 Å². The SMILES string of the molecule is COc1ccc(C(C)C)c(N2C(=O)CSC2=NC(=S)CCc2ccc(-c3ncn(-c4ccc(OC(F)(F)F)cc4)n3)cc2)c1. The van der Waals surface area contributed by atoms with Crippen LogP contribution < -0.4 is 14.4 Å². The number of aliphatic imine (C=N–C) groups is 1. The number of amides is 1. The first-order valence-electron chi connectivity index (χ1n) is 13.6. The summed E-state index contributed by atoms with van der Waals surface area (Å²) in [7, 11) is 1.59. The van der Waals surface area contributed by atoms with E-state index in [1.807, 2.05) is 42.5 Å². The fourth-order valence-electron chi connectivity index (χ4n) is 4.57. The molecule has 0 N–H and O–H groups in total. The molecule has 0 aliphatic carbocycles. The Morgan fingerprint density at radius 3 is 2.43 bits per heavy atom. The predicted octanol–water partition coefficient (Wildman–Crippen LogP) is 7.36. The second-order valence-electron chi connectivity index (χ2n) is 10.1. The molecule has 0 saturated carbocycles. The monoisotopic (exact) mass is 639 g/mol. The molecule has 1 saturated heterocycles. The van der Waals surface area contributed by atoms with E-state index in [1.54, 1.807) is 12.0 Å². The lowest BCUT2D eigenvalue weighted by Gasteiger charge is -2.22. The van der Waals surface area contributed by atoms with E-state index in [0.717, 1.165) is 22.4 Å². The number of nitrogens with zero attached hydrogens (tertiary/aromatic N) is 5. The maximum atomic E-state index is 12.9. The highest BCUT2D eigenvalue weighted by Crippen LogP contribution is 2.36. The van der Waals surface area contributed by atoms with Crippen LogP contribution >= 0.6 is 24.0 Å². The fourth-order valence-corrected chi connectivity index (χ4v) is 5.70. The molecule has 1 aliphatic rings. The number of thioether (sulfide) groups is 1.